The van der Waals surface area contributed by atoms with E-state index in [0.717, 1.165) is 5.56 Å². The van der Waals surface area contributed by atoms with Crippen LogP contribution in [0.5, 0.6) is 0 Å². The molecule has 2 heterocycles. The molecule has 0 bridgehead atoms. The Balaban J connectivity index is 1.87. The minimum absolute atomic E-state index is 0.158. The van der Waals surface area contributed by atoms with E-state index in [0.29, 0.717) is 31.5 Å². The second kappa shape index (κ2) is 5.88. The minimum Gasteiger partial charge on any atom is -0.377 e. The number of rotatable bonds is 3. The number of nitrogens with zero attached hydrogens (tertiary/aromatic N) is 3. The molecule has 0 spiro atoms. The highest BCUT2D eigenvalue weighted by Gasteiger charge is 2.31. The van der Waals surface area contributed by atoms with Gasteiger partial charge in [-0.05, 0) is 18.2 Å². The molecular weight excluding hydrogens is 270 g/mol. The van der Waals surface area contributed by atoms with E-state index in [4.69, 9.17) is 9.26 Å². The van der Waals surface area contributed by atoms with Gasteiger partial charge in [-0.15, -0.1) is 0 Å². The van der Waals surface area contributed by atoms with Crippen LogP contribution in [0.3, 0.4) is 0 Å². The zero-order valence-electron chi connectivity index (χ0n) is 11.4. The monoisotopic (exact) mass is 285 g/mol. The van der Waals surface area contributed by atoms with Gasteiger partial charge in [0.25, 0.3) is 5.89 Å². The Morgan fingerprint density at radius 2 is 2.19 bits per heavy atom. The van der Waals surface area contributed by atoms with Crippen molar-refractivity contribution in [2.45, 2.75) is 6.04 Å². The molecule has 6 heteroatoms. The lowest BCUT2D eigenvalue weighted by molar-refractivity contribution is -0.135. The molecule has 1 aliphatic rings. The van der Waals surface area contributed by atoms with E-state index in [1.807, 2.05) is 30.3 Å². The molecule has 1 unspecified atom stereocenters. The Hall–Kier alpha value is -2.47. The minimum atomic E-state index is -0.342. The fourth-order valence-corrected chi connectivity index (χ4v) is 2.27. The number of carbonyl (C=O) groups excluding carboxylic acids is 1. The van der Waals surface area contributed by atoms with Crippen molar-refractivity contribution in [3.63, 3.8) is 0 Å². The zero-order chi connectivity index (χ0) is 14.7. The molecule has 21 heavy (non-hydrogen) atoms. The predicted molar refractivity (Wildman–Crippen MR) is 75.2 cm³/mol. The molecule has 0 saturated carbocycles. The fourth-order valence-electron chi connectivity index (χ4n) is 2.27. The standard InChI is InChI=1S/C15H15N3O3/c1-2-13(19)18-8-9-20-10-12(18)14-16-15(21-17-14)11-6-4-3-5-7-11/h2-7,12H,1,8-10H2. The van der Waals surface area contributed by atoms with E-state index < -0.39 is 0 Å². The molecule has 0 radical (unpaired) electrons. The van der Waals surface area contributed by atoms with Gasteiger partial charge in [0.1, 0.15) is 6.04 Å². The molecule has 0 aliphatic carbocycles. The molecule has 3 rings (SSSR count). The summed E-state index contributed by atoms with van der Waals surface area (Å²) in [4.78, 5) is 17.9. The summed E-state index contributed by atoms with van der Waals surface area (Å²) in [5, 5.41) is 3.99. The average molecular weight is 285 g/mol. The van der Waals surface area contributed by atoms with Gasteiger partial charge in [0.15, 0.2) is 5.82 Å². The Bertz CT molecular complexity index is 639. The molecule has 1 amide bonds. The van der Waals surface area contributed by atoms with Gasteiger partial charge in [-0.2, -0.15) is 4.98 Å². The first-order chi connectivity index (χ1) is 10.3. The number of amides is 1. The second-order valence-electron chi connectivity index (χ2n) is 4.65. The normalized spacial score (nSPS) is 18.5. The van der Waals surface area contributed by atoms with E-state index in [2.05, 4.69) is 16.7 Å². The van der Waals surface area contributed by atoms with Crippen molar-refractivity contribution in [3.8, 4) is 11.5 Å². The number of morpholine rings is 1. The number of hydrogen-bond donors (Lipinski definition) is 0. The average Bonchev–Trinajstić information content (AvgIpc) is 3.05. The maximum atomic E-state index is 11.9. The quantitative estimate of drug-likeness (QED) is 0.805. The third-order valence-electron chi connectivity index (χ3n) is 3.35. The highest BCUT2D eigenvalue weighted by Crippen LogP contribution is 2.25. The first-order valence-corrected chi connectivity index (χ1v) is 6.69. The van der Waals surface area contributed by atoms with Crippen LogP contribution in [0.15, 0.2) is 47.5 Å². The molecule has 1 atom stereocenters. The number of carbonyl (C=O) groups is 1. The summed E-state index contributed by atoms with van der Waals surface area (Å²) in [5.41, 5.74) is 0.842. The molecule has 1 saturated heterocycles. The van der Waals surface area contributed by atoms with Crippen molar-refractivity contribution >= 4 is 5.91 Å². The highest BCUT2D eigenvalue weighted by atomic mass is 16.5. The third kappa shape index (κ3) is 2.71. The lowest BCUT2D eigenvalue weighted by Gasteiger charge is -2.32. The summed E-state index contributed by atoms with van der Waals surface area (Å²) >= 11 is 0. The van der Waals surface area contributed by atoms with E-state index in [1.54, 1.807) is 4.90 Å². The van der Waals surface area contributed by atoms with Gasteiger partial charge >= 0.3 is 0 Å². The summed E-state index contributed by atoms with van der Waals surface area (Å²) in [6, 6.07) is 9.15. The van der Waals surface area contributed by atoms with Gasteiger partial charge in [0, 0.05) is 12.1 Å². The summed E-state index contributed by atoms with van der Waals surface area (Å²) < 4.78 is 10.7. The lowest BCUT2D eigenvalue weighted by Crippen LogP contribution is -2.43. The second-order valence-corrected chi connectivity index (χ2v) is 4.65. The first-order valence-electron chi connectivity index (χ1n) is 6.69. The van der Waals surface area contributed by atoms with Gasteiger partial charge in [-0.3, -0.25) is 4.79 Å². The Labute approximate surface area is 122 Å². The van der Waals surface area contributed by atoms with E-state index >= 15 is 0 Å². The molecule has 1 aromatic carbocycles. The van der Waals surface area contributed by atoms with Gasteiger partial charge < -0.3 is 14.2 Å². The summed E-state index contributed by atoms with van der Waals surface area (Å²) in [7, 11) is 0. The van der Waals surface area contributed by atoms with Gasteiger partial charge in [0.05, 0.1) is 13.2 Å². The van der Waals surface area contributed by atoms with Crippen LogP contribution in [0.25, 0.3) is 11.5 Å². The van der Waals surface area contributed by atoms with E-state index in [9.17, 15) is 4.79 Å². The number of ether oxygens (including phenoxy) is 1. The molecular formula is C15H15N3O3. The van der Waals surface area contributed by atoms with Crippen LogP contribution in [0.2, 0.25) is 0 Å². The van der Waals surface area contributed by atoms with Crippen molar-refractivity contribution in [2.24, 2.45) is 0 Å². The predicted octanol–water partition coefficient (Wildman–Crippen LogP) is 1.82. The Morgan fingerprint density at radius 3 is 2.95 bits per heavy atom. The van der Waals surface area contributed by atoms with Crippen LogP contribution in [0, 0.1) is 0 Å². The van der Waals surface area contributed by atoms with Crippen LogP contribution >= 0.6 is 0 Å². The van der Waals surface area contributed by atoms with Gasteiger partial charge in [-0.1, -0.05) is 29.9 Å². The van der Waals surface area contributed by atoms with Crippen LogP contribution < -0.4 is 0 Å². The van der Waals surface area contributed by atoms with Crippen LogP contribution in [-0.4, -0.2) is 40.7 Å². The first kappa shape index (κ1) is 13.5. The highest BCUT2D eigenvalue weighted by molar-refractivity contribution is 5.87. The van der Waals surface area contributed by atoms with Gasteiger partial charge in [0.2, 0.25) is 5.91 Å². The van der Waals surface area contributed by atoms with Crippen LogP contribution in [0.4, 0.5) is 0 Å². The van der Waals surface area contributed by atoms with Crippen molar-refractivity contribution in [1.82, 2.24) is 15.0 Å². The Kier molecular flexibility index (Phi) is 3.79. The molecule has 1 aliphatic heterocycles. The van der Waals surface area contributed by atoms with Crippen molar-refractivity contribution < 1.29 is 14.1 Å². The smallest absolute Gasteiger partial charge is 0.257 e. The maximum absolute atomic E-state index is 11.9. The third-order valence-corrected chi connectivity index (χ3v) is 3.35. The van der Waals surface area contributed by atoms with Crippen molar-refractivity contribution in [3.05, 3.63) is 48.8 Å². The zero-order valence-corrected chi connectivity index (χ0v) is 11.4. The molecule has 1 aromatic heterocycles. The lowest BCUT2D eigenvalue weighted by atomic mass is 10.2. The van der Waals surface area contributed by atoms with Crippen LogP contribution in [0.1, 0.15) is 11.9 Å². The molecule has 0 N–H and O–H groups in total. The molecule has 1 fully saturated rings. The van der Waals surface area contributed by atoms with Crippen LogP contribution in [-0.2, 0) is 9.53 Å². The molecule has 6 nitrogen and oxygen atoms in total. The van der Waals surface area contributed by atoms with Crippen molar-refractivity contribution in [1.29, 1.82) is 0 Å². The fraction of sp³-hybridized carbons (Fsp3) is 0.267. The van der Waals surface area contributed by atoms with E-state index in [1.165, 1.54) is 6.08 Å². The number of benzene rings is 1. The van der Waals surface area contributed by atoms with E-state index in [-0.39, 0.29) is 11.9 Å². The van der Waals surface area contributed by atoms with Crippen molar-refractivity contribution in [2.75, 3.05) is 19.8 Å². The molecule has 108 valence electrons. The largest absolute Gasteiger partial charge is 0.377 e. The summed E-state index contributed by atoms with van der Waals surface area (Å²) in [6.07, 6.45) is 1.29. The topological polar surface area (TPSA) is 68.5 Å². The number of hydrogen-bond acceptors (Lipinski definition) is 5. The van der Waals surface area contributed by atoms with Gasteiger partial charge in [-0.25, -0.2) is 0 Å². The molecule has 2 aromatic rings. The maximum Gasteiger partial charge on any atom is 0.257 e. The Morgan fingerprint density at radius 1 is 1.38 bits per heavy atom. The summed E-state index contributed by atoms with van der Waals surface area (Å²) in [5.74, 6) is 0.722. The number of aromatic nitrogens is 2. The summed E-state index contributed by atoms with van der Waals surface area (Å²) in [6.45, 7) is 4.87. The SMILES string of the molecule is C=CC(=O)N1CCOCC1c1noc(-c2ccccc2)n1.